The van der Waals surface area contributed by atoms with Crippen LogP contribution in [0.3, 0.4) is 0 Å². The lowest BCUT2D eigenvalue weighted by Gasteiger charge is -2.10. The van der Waals surface area contributed by atoms with Gasteiger partial charge in [-0.2, -0.15) is 0 Å². The van der Waals surface area contributed by atoms with Crippen LogP contribution >= 0.6 is 11.8 Å². The minimum Gasteiger partial charge on any atom is -0.493 e. The summed E-state index contributed by atoms with van der Waals surface area (Å²) in [5.74, 6) is 2.83. The van der Waals surface area contributed by atoms with Crippen LogP contribution in [0.5, 0.6) is 5.75 Å². The highest BCUT2D eigenvalue weighted by Crippen LogP contribution is 2.33. The lowest BCUT2D eigenvalue weighted by molar-refractivity contribution is 0.340. The van der Waals surface area contributed by atoms with Crippen molar-refractivity contribution in [2.45, 2.75) is 31.6 Å². The van der Waals surface area contributed by atoms with Crippen LogP contribution in [-0.4, -0.2) is 27.3 Å². The zero-order valence-corrected chi connectivity index (χ0v) is 14.3. The Morgan fingerprint density at radius 3 is 2.91 bits per heavy atom. The van der Waals surface area contributed by atoms with E-state index < -0.39 is 0 Å². The van der Waals surface area contributed by atoms with Gasteiger partial charge in [0.05, 0.1) is 23.9 Å². The van der Waals surface area contributed by atoms with Crippen molar-refractivity contribution in [2.75, 3.05) is 12.4 Å². The molecule has 0 amide bonds. The molecule has 0 unspecified atom stereocenters. The molecule has 120 valence electrons. The van der Waals surface area contributed by atoms with E-state index in [9.17, 15) is 0 Å². The number of benzene rings is 1. The number of H-pyrrole nitrogens is 1. The number of ether oxygens (including phenoxy) is 1. The molecule has 0 saturated heterocycles. The van der Waals surface area contributed by atoms with Gasteiger partial charge in [-0.25, -0.2) is 4.98 Å². The second-order valence-corrected chi connectivity index (χ2v) is 6.44. The Morgan fingerprint density at radius 2 is 2.13 bits per heavy atom. The lowest BCUT2D eigenvalue weighted by atomic mass is 10.2. The summed E-state index contributed by atoms with van der Waals surface area (Å²) in [6.45, 7) is 4.85. The number of hydrogen-bond acceptors (Lipinski definition) is 4. The number of hydrogen-bond donors (Lipinski definition) is 1. The Labute approximate surface area is 140 Å². The van der Waals surface area contributed by atoms with Crippen LogP contribution in [-0.2, 0) is 0 Å². The molecule has 0 saturated carbocycles. The van der Waals surface area contributed by atoms with E-state index in [1.54, 1.807) is 12.4 Å². The second-order valence-electron chi connectivity index (χ2n) is 5.27. The molecule has 0 aliphatic carbocycles. The minimum absolute atomic E-state index is 0.637. The summed E-state index contributed by atoms with van der Waals surface area (Å²) < 4.78 is 5.85. The quantitative estimate of drug-likeness (QED) is 0.494. The standard InChI is InChI=1S/C18H21N3OS/c1-3-5-10-23-13-6-7-14(17(11-13)22-4-2)18-20-15-8-9-19-12-16(15)21-18/h6-9,11-12H,3-5,10H2,1-2H3,(H,20,21). The lowest BCUT2D eigenvalue weighted by Crippen LogP contribution is -1.95. The molecular weight excluding hydrogens is 306 g/mol. The van der Waals surface area contributed by atoms with Gasteiger partial charge in [0.15, 0.2) is 0 Å². The Hall–Kier alpha value is -2.01. The van der Waals surface area contributed by atoms with Gasteiger partial charge < -0.3 is 9.72 Å². The van der Waals surface area contributed by atoms with Crippen LogP contribution in [0.25, 0.3) is 22.4 Å². The molecule has 1 aromatic carbocycles. The summed E-state index contributed by atoms with van der Waals surface area (Å²) in [5.41, 5.74) is 2.84. The van der Waals surface area contributed by atoms with E-state index in [1.165, 1.54) is 17.7 Å². The number of aromatic amines is 1. The molecule has 4 nitrogen and oxygen atoms in total. The Morgan fingerprint density at radius 1 is 1.22 bits per heavy atom. The summed E-state index contributed by atoms with van der Waals surface area (Å²) in [5, 5.41) is 0. The van der Waals surface area contributed by atoms with Crippen molar-refractivity contribution in [3.05, 3.63) is 36.7 Å². The molecule has 0 aliphatic heterocycles. The first-order chi connectivity index (χ1) is 11.3. The van der Waals surface area contributed by atoms with E-state index in [2.05, 4.69) is 40.1 Å². The van der Waals surface area contributed by atoms with Crippen molar-refractivity contribution in [1.82, 2.24) is 15.0 Å². The molecule has 3 aromatic rings. The highest BCUT2D eigenvalue weighted by molar-refractivity contribution is 7.99. The van der Waals surface area contributed by atoms with E-state index in [-0.39, 0.29) is 0 Å². The van der Waals surface area contributed by atoms with Gasteiger partial charge in [0, 0.05) is 11.1 Å². The SMILES string of the molecule is CCCCSc1ccc(-c2nc3cnccc3[nH]2)c(OCC)c1. The highest BCUT2D eigenvalue weighted by atomic mass is 32.2. The number of nitrogens with zero attached hydrogens (tertiary/aromatic N) is 2. The number of nitrogens with one attached hydrogen (secondary N) is 1. The van der Waals surface area contributed by atoms with E-state index in [1.807, 2.05) is 24.8 Å². The maximum Gasteiger partial charge on any atom is 0.142 e. The molecule has 2 aromatic heterocycles. The van der Waals surface area contributed by atoms with Crippen molar-refractivity contribution < 1.29 is 4.74 Å². The molecule has 0 fully saturated rings. The number of unbranched alkanes of at least 4 members (excludes halogenated alkanes) is 1. The highest BCUT2D eigenvalue weighted by Gasteiger charge is 2.12. The molecule has 2 heterocycles. The van der Waals surface area contributed by atoms with Crippen LogP contribution in [0.4, 0.5) is 0 Å². The van der Waals surface area contributed by atoms with E-state index in [0.29, 0.717) is 6.61 Å². The second kappa shape index (κ2) is 7.51. The molecule has 23 heavy (non-hydrogen) atoms. The average Bonchev–Trinajstić information content (AvgIpc) is 2.99. The third kappa shape index (κ3) is 3.67. The molecule has 0 spiro atoms. The summed E-state index contributed by atoms with van der Waals surface area (Å²) in [6, 6.07) is 8.28. The van der Waals surface area contributed by atoms with Gasteiger partial charge in [-0.1, -0.05) is 13.3 Å². The van der Waals surface area contributed by atoms with Crippen molar-refractivity contribution in [3.63, 3.8) is 0 Å². The van der Waals surface area contributed by atoms with E-state index >= 15 is 0 Å². The smallest absolute Gasteiger partial charge is 0.142 e. The van der Waals surface area contributed by atoms with Crippen molar-refractivity contribution >= 4 is 22.8 Å². The van der Waals surface area contributed by atoms with Gasteiger partial charge in [0.1, 0.15) is 17.1 Å². The van der Waals surface area contributed by atoms with Crippen molar-refractivity contribution in [3.8, 4) is 17.1 Å². The van der Waals surface area contributed by atoms with Gasteiger partial charge in [0.25, 0.3) is 0 Å². The van der Waals surface area contributed by atoms with Crippen LogP contribution in [0, 0.1) is 0 Å². The summed E-state index contributed by atoms with van der Waals surface area (Å²) >= 11 is 1.87. The minimum atomic E-state index is 0.637. The molecule has 5 heteroatoms. The van der Waals surface area contributed by atoms with Gasteiger partial charge in [-0.05, 0) is 43.4 Å². The zero-order valence-electron chi connectivity index (χ0n) is 13.5. The predicted octanol–water partition coefficient (Wildman–Crippen LogP) is 4.92. The van der Waals surface area contributed by atoms with Crippen molar-refractivity contribution in [2.24, 2.45) is 0 Å². The fraction of sp³-hybridized carbons (Fsp3) is 0.333. The van der Waals surface area contributed by atoms with Gasteiger partial charge in [-0.15, -0.1) is 11.8 Å². The Kier molecular flexibility index (Phi) is 5.18. The Balaban J connectivity index is 1.93. The first-order valence-electron chi connectivity index (χ1n) is 8.01. The number of rotatable bonds is 7. The molecule has 0 aliphatic rings. The number of imidazole rings is 1. The third-order valence-corrected chi connectivity index (χ3v) is 4.64. The molecule has 0 bridgehead atoms. The fourth-order valence-electron chi connectivity index (χ4n) is 2.38. The number of fused-ring (bicyclic) bond motifs is 1. The predicted molar refractivity (Wildman–Crippen MR) is 96.1 cm³/mol. The number of thioether (sulfide) groups is 1. The normalized spacial score (nSPS) is 11.0. The fourth-order valence-corrected chi connectivity index (χ4v) is 3.41. The van der Waals surface area contributed by atoms with Crippen LogP contribution in [0.15, 0.2) is 41.6 Å². The zero-order chi connectivity index (χ0) is 16.1. The van der Waals surface area contributed by atoms with E-state index in [0.717, 1.165) is 33.9 Å². The van der Waals surface area contributed by atoms with E-state index in [4.69, 9.17) is 4.74 Å². The van der Waals surface area contributed by atoms with Gasteiger partial charge in [-0.3, -0.25) is 4.98 Å². The largest absolute Gasteiger partial charge is 0.493 e. The van der Waals surface area contributed by atoms with Gasteiger partial charge >= 0.3 is 0 Å². The van der Waals surface area contributed by atoms with Crippen molar-refractivity contribution in [1.29, 1.82) is 0 Å². The molecule has 0 atom stereocenters. The third-order valence-electron chi connectivity index (χ3n) is 3.56. The van der Waals surface area contributed by atoms with Crippen LogP contribution < -0.4 is 4.74 Å². The first-order valence-corrected chi connectivity index (χ1v) is 9.00. The number of aromatic nitrogens is 3. The Bertz CT molecular complexity index is 752. The monoisotopic (exact) mass is 327 g/mol. The summed E-state index contributed by atoms with van der Waals surface area (Å²) in [4.78, 5) is 13.3. The molecule has 3 rings (SSSR count). The number of pyridine rings is 1. The first kappa shape index (κ1) is 15.9. The van der Waals surface area contributed by atoms with Gasteiger partial charge in [0.2, 0.25) is 0 Å². The molecule has 0 radical (unpaired) electrons. The maximum absolute atomic E-state index is 5.85. The molecular formula is C18H21N3OS. The summed E-state index contributed by atoms with van der Waals surface area (Å²) in [7, 11) is 0. The maximum atomic E-state index is 5.85. The average molecular weight is 327 g/mol. The van der Waals surface area contributed by atoms with Crippen LogP contribution in [0.2, 0.25) is 0 Å². The molecule has 1 N–H and O–H groups in total. The summed E-state index contributed by atoms with van der Waals surface area (Å²) in [6.07, 6.45) is 5.98. The topological polar surface area (TPSA) is 50.8 Å². The van der Waals surface area contributed by atoms with Crippen LogP contribution in [0.1, 0.15) is 26.7 Å².